The van der Waals surface area contributed by atoms with E-state index >= 15 is 13.2 Å². The maximum atomic E-state index is 15.5. The van der Waals surface area contributed by atoms with Crippen molar-refractivity contribution in [3.63, 3.8) is 0 Å². The van der Waals surface area contributed by atoms with Gasteiger partial charge in [0.1, 0.15) is 32.2 Å². The monoisotopic (exact) mass is 866 g/mol. The molecule has 18 heteroatoms. The number of esters is 1. The fourth-order valence-corrected chi connectivity index (χ4v) is 8.96. The highest BCUT2D eigenvalue weighted by Gasteiger charge is 2.43. The molecule has 2 fully saturated rings. The predicted molar refractivity (Wildman–Crippen MR) is 218 cm³/mol. The van der Waals surface area contributed by atoms with Crippen molar-refractivity contribution in [1.82, 2.24) is 21.3 Å². The number of carbonyl (C=O) groups excluding carboxylic acids is 5. The molecule has 0 aromatic heterocycles. The minimum absolute atomic E-state index is 0.0164. The number of allylic oxidation sites excluding steroid dienone is 1. The van der Waals surface area contributed by atoms with Crippen LogP contribution in [0, 0.1) is 52.0 Å². The first-order chi connectivity index (χ1) is 28.4. The van der Waals surface area contributed by atoms with E-state index in [0.717, 1.165) is 19.4 Å². The number of halogens is 3. The highest BCUT2D eigenvalue weighted by Crippen LogP contribution is 2.48. The van der Waals surface area contributed by atoms with Gasteiger partial charge in [-0.2, -0.15) is 8.78 Å². The van der Waals surface area contributed by atoms with Gasteiger partial charge in [0.15, 0.2) is 11.6 Å². The average Bonchev–Trinajstić information content (AvgIpc) is 3.16. The Bertz CT molecular complexity index is 1790. The number of hydrogen-bond donors (Lipinski definition) is 4. The van der Waals surface area contributed by atoms with Gasteiger partial charge in [0.25, 0.3) is 0 Å². The number of nitrogens with one attached hydrogen (secondary N) is 4. The summed E-state index contributed by atoms with van der Waals surface area (Å²) in [6.45, 7) is 23.7. The zero-order valence-electron chi connectivity index (χ0n) is 36.2. The third-order valence-electron chi connectivity index (χ3n) is 10.6. The van der Waals surface area contributed by atoms with Gasteiger partial charge in [0.2, 0.25) is 17.4 Å². The van der Waals surface area contributed by atoms with Gasteiger partial charge in [-0.3, -0.25) is 0 Å². The SMILES string of the molecule is C=CC(=C)OCCOC(=O)NCC1(C)CC(NC(=O)Oc2c(C)c(F)c(OC(=O)NCC3CC(C)(C)CC(C)(CNC(=O)OCCOC(=O)C=C)C3)c(F)c2F)CC(C)(C)C1. The number of amides is 4. The highest BCUT2D eigenvalue weighted by atomic mass is 19.2. The van der Waals surface area contributed by atoms with Crippen molar-refractivity contribution in [2.75, 3.05) is 46.1 Å². The molecule has 4 atom stereocenters. The van der Waals surface area contributed by atoms with Crippen LogP contribution in [0.3, 0.4) is 0 Å². The van der Waals surface area contributed by atoms with Crippen molar-refractivity contribution in [2.45, 2.75) is 93.0 Å². The van der Waals surface area contributed by atoms with Crippen molar-refractivity contribution in [3.05, 3.63) is 60.7 Å². The van der Waals surface area contributed by atoms with Gasteiger partial charge < -0.3 is 49.7 Å². The molecular weight excluding hydrogens is 805 g/mol. The summed E-state index contributed by atoms with van der Waals surface area (Å²) >= 11 is 0. The van der Waals surface area contributed by atoms with E-state index in [-0.39, 0.29) is 62.8 Å². The molecule has 4 amide bonds. The van der Waals surface area contributed by atoms with Crippen LogP contribution >= 0.6 is 0 Å². The molecule has 0 spiro atoms. The molecule has 15 nitrogen and oxygen atoms in total. The second-order valence-electron chi connectivity index (χ2n) is 18.1. The van der Waals surface area contributed by atoms with Crippen molar-refractivity contribution in [1.29, 1.82) is 0 Å². The van der Waals surface area contributed by atoms with Crippen molar-refractivity contribution in [3.8, 4) is 11.5 Å². The number of carbonyl (C=O) groups is 5. The van der Waals surface area contributed by atoms with E-state index < -0.39 is 81.7 Å². The van der Waals surface area contributed by atoms with E-state index in [1.165, 1.54) is 6.08 Å². The van der Waals surface area contributed by atoms with Crippen LogP contribution in [0.25, 0.3) is 0 Å². The number of benzene rings is 1. The van der Waals surface area contributed by atoms with Gasteiger partial charge >= 0.3 is 30.3 Å². The lowest BCUT2D eigenvalue weighted by atomic mass is 9.60. The van der Waals surface area contributed by atoms with Crippen LogP contribution in [0.4, 0.5) is 32.3 Å². The van der Waals surface area contributed by atoms with Gasteiger partial charge in [-0.1, -0.05) is 61.3 Å². The van der Waals surface area contributed by atoms with Gasteiger partial charge in [0.05, 0.1) is 0 Å². The van der Waals surface area contributed by atoms with Gasteiger partial charge in [-0.05, 0) is 79.1 Å². The molecular formula is C43H61F3N4O11. The van der Waals surface area contributed by atoms with E-state index in [9.17, 15) is 24.0 Å². The molecule has 340 valence electrons. The third kappa shape index (κ3) is 15.8. The minimum atomic E-state index is -1.87. The van der Waals surface area contributed by atoms with Crippen LogP contribution < -0.4 is 30.7 Å². The second-order valence-corrected chi connectivity index (χ2v) is 18.1. The molecule has 1 aromatic carbocycles. The molecule has 1 aromatic rings. The molecule has 0 aliphatic heterocycles. The summed E-state index contributed by atoms with van der Waals surface area (Å²) in [4.78, 5) is 61.6. The molecule has 2 aliphatic rings. The van der Waals surface area contributed by atoms with Gasteiger partial charge in [-0.25, -0.2) is 28.4 Å². The van der Waals surface area contributed by atoms with Crippen molar-refractivity contribution < 1.29 is 65.6 Å². The molecule has 0 bridgehead atoms. The molecule has 4 unspecified atom stereocenters. The summed E-state index contributed by atoms with van der Waals surface area (Å²) < 4.78 is 76.5. The van der Waals surface area contributed by atoms with Gasteiger partial charge in [-0.15, -0.1) is 0 Å². The number of ether oxygens (including phenoxy) is 6. The first-order valence-corrected chi connectivity index (χ1v) is 20.0. The van der Waals surface area contributed by atoms with Crippen LogP contribution in [0.1, 0.15) is 85.6 Å². The van der Waals surface area contributed by atoms with Gasteiger partial charge in [0, 0.05) is 37.3 Å². The van der Waals surface area contributed by atoms with Crippen LogP contribution in [0.15, 0.2) is 37.6 Å². The average molecular weight is 867 g/mol. The Morgan fingerprint density at radius 1 is 0.639 bits per heavy atom. The van der Waals surface area contributed by atoms with E-state index in [1.807, 2.05) is 41.5 Å². The van der Waals surface area contributed by atoms with Crippen molar-refractivity contribution in [2.24, 2.45) is 27.6 Å². The maximum absolute atomic E-state index is 15.5. The summed E-state index contributed by atoms with van der Waals surface area (Å²) in [7, 11) is 0. The van der Waals surface area contributed by atoms with E-state index in [1.54, 1.807) is 0 Å². The van der Waals surface area contributed by atoms with E-state index in [2.05, 4.69) is 41.0 Å². The maximum Gasteiger partial charge on any atom is 0.412 e. The number of alkyl carbamates (subject to hydrolysis) is 2. The topological polar surface area (TPSA) is 189 Å². The summed E-state index contributed by atoms with van der Waals surface area (Å²) in [6, 6.07) is -0.519. The zero-order valence-corrected chi connectivity index (χ0v) is 36.2. The Labute approximate surface area is 355 Å². The molecule has 61 heavy (non-hydrogen) atoms. The normalized spacial score (nSPS) is 22.6. The largest absolute Gasteiger partial charge is 0.491 e. The third-order valence-corrected chi connectivity index (χ3v) is 10.6. The Morgan fingerprint density at radius 3 is 1.72 bits per heavy atom. The zero-order chi connectivity index (χ0) is 45.8. The molecule has 2 saturated carbocycles. The number of rotatable bonds is 18. The minimum Gasteiger partial charge on any atom is -0.491 e. The first kappa shape index (κ1) is 49.9. The molecule has 4 N–H and O–H groups in total. The van der Waals surface area contributed by atoms with Crippen LogP contribution in [-0.2, 0) is 23.7 Å². The Kier molecular flexibility index (Phi) is 17.5. The molecule has 0 heterocycles. The lowest BCUT2D eigenvalue weighted by molar-refractivity contribution is -0.138. The van der Waals surface area contributed by atoms with E-state index in [4.69, 9.17) is 28.4 Å². The summed E-state index contributed by atoms with van der Waals surface area (Å²) in [5.74, 6) is -7.80. The van der Waals surface area contributed by atoms with Crippen LogP contribution in [-0.4, -0.2) is 82.4 Å². The van der Waals surface area contributed by atoms with Crippen molar-refractivity contribution >= 4 is 30.3 Å². The fraction of sp³-hybridized carbons (Fsp3) is 0.605. The lowest BCUT2D eigenvalue weighted by Gasteiger charge is -2.46. The predicted octanol–water partition coefficient (Wildman–Crippen LogP) is 7.90. The Balaban J connectivity index is 1.57. The van der Waals surface area contributed by atoms with E-state index in [0.29, 0.717) is 37.9 Å². The summed E-state index contributed by atoms with van der Waals surface area (Å²) in [6.07, 6.45) is 2.14. The van der Waals surface area contributed by atoms with Crippen LogP contribution in [0.2, 0.25) is 0 Å². The molecule has 0 saturated heterocycles. The number of hydrogen-bond acceptors (Lipinski definition) is 11. The Hall–Kier alpha value is -5.42. The standard InChI is InChI=1S/C43H61F3N4O11/c1-11-26(3)56-13-15-58-37(53)49-25-43(10)20-29(19-41(7,8)23-43)50-39(55)60-34-27(4)31(44)35(33(46)32(34)45)61-38(54)47-21-28-17-40(5,6)22-42(9,18-28)24-48-36(52)59-16-14-57-30(51)12-2/h11-12,28-29H,1-3,13-25H2,4-10H3,(H,47,54)(H,48,52)(H,49,53)(H,50,55). The Morgan fingerprint density at radius 2 is 1.15 bits per heavy atom. The summed E-state index contributed by atoms with van der Waals surface area (Å²) in [5, 5.41) is 10.6. The smallest absolute Gasteiger partial charge is 0.412 e. The second kappa shape index (κ2) is 21.4. The van der Waals surface area contributed by atoms with Crippen LogP contribution in [0.5, 0.6) is 11.5 Å². The molecule has 2 aliphatic carbocycles. The highest BCUT2D eigenvalue weighted by molar-refractivity contribution is 5.81. The summed E-state index contributed by atoms with van der Waals surface area (Å²) in [5.41, 5.74) is -2.09. The first-order valence-electron chi connectivity index (χ1n) is 20.0. The molecule has 0 radical (unpaired) electrons. The lowest BCUT2D eigenvalue weighted by Crippen LogP contribution is -2.51. The molecule has 3 rings (SSSR count). The quantitative estimate of drug-likeness (QED) is 0.0214. The fourth-order valence-electron chi connectivity index (χ4n) is 8.96.